The minimum absolute atomic E-state index is 0.433. The summed E-state index contributed by atoms with van der Waals surface area (Å²) in [6.45, 7) is 4.91. The molecule has 1 aliphatic rings. The summed E-state index contributed by atoms with van der Waals surface area (Å²) in [5, 5.41) is 0.821. The molecule has 2 heterocycles. The van der Waals surface area contributed by atoms with Gasteiger partial charge in [0.05, 0.1) is 15.8 Å². The van der Waals surface area contributed by atoms with Crippen LogP contribution in [0.15, 0.2) is 18.2 Å². The summed E-state index contributed by atoms with van der Waals surface area (Å²) in [5.74, 6) is 0. The number of hydrogen-bond acceptors (Lipinski definition) is 4. The average molecular weight is 329 g/mol. The molecule has 0 saturated carbocycles. The van der Waals surface area contributed by atoms with E-state index >= 15 is 0 Å². The van der Waals surface area contributed by atoms with Gasteiger partial charge in [-0.05, 0) is 38.2 Å². The summed E-state index contributed by atoms with van der Waals surface area (Å²) < 4.78 is 39.1. The zero-order valence-electron chi connectivity index (χ0n) is 12.5. The van der Waals surface area contributed by atoms with E-state index < -0.39 is 11.7 Å². The number of thiazole rings is 1. The molecule has 1 aliphatic heterocycles. The van der Waals surface area contributed by atoms with Crippen molar-refractivity contribution in [2.45, 2.75) is 25.6 Å². The van der Waals surface area contributed by atoms with Crippen molar-refractivity contribution < 1.29 is 13.2 Å². The molecule has 1 unspecified atom stereocenters. The highest BCUT2D eigenvalue weighted by Crippen LogP contribution is 2.36. The maximum absolute atomic E-state index is 12.8. The second kappa shape index (κ2) is 5.70. The first-order valence-electron chi connectivity index (χ1n) is 7.31. The molecule has 1 fully saturated rings. The Balaban J connectivity index is 1.84. The van der Waals surface area contributed by atoms with E-state index in [2.05, 4.69) is 28.8 Å². The molecule has 3 nitrogen and oxygen atoms in total. The maximum atomic E-state index is 12.8. The minimum Gasteiger partial charge on any atom is -0.346 e. The van der Waals surface area contributed by atoms with Gasteiger partial charge in [-0.1, -0.05) is 18.3 Å². The van der Waals surface area contributed by atoms with E-state index in [4.69, 9.17) is 0 Å². The van der Waals surface area contributed by atoms with Crippen molar-refractivity contribution in [3.8, 4) is 0 Å². The van der Waals surface area contributed by atoms with Crippen LogP contribution in [-0.4, -0.2) is 42.6 Å². The molecule has 2 aromatic rings. The molecular weight excluding hydrogens is 311 g/mol. The second-order valence-electron chi connectivity index (χ2n) is 5.64. The van der Waals surface area contributed by atoms with Gasteiger partial charge in [-0.3, -0.25) is 0 Å². The summed E-state index contributed by atoms with van der Waals surface area (Å²) in [5.41, 5.74) is -0.205. The molecule has 1 aromatic heterocycles. The van der Waals surface area contributed by atoms with Gasteiger partial charge in [-0.15, -0.1) is 0 Å². The first-order chi connectivity index (χ1) is 10.4. The zero-order chi connectivity index (χ0) is 15.9. The van der Waals surface area contributed by atoms with Crippen LogP contribution < -0.4 is 4.90 Å². The highest BCUT2D eigenvalue weighted by atomic mass is 32.1. The number of anilines is 1. The van der Waals surface area contributed by atoms with Gasteiger partial charge in [0.1, 0.15) is 0 Å². The maximum Gasteiger partial charge on any atom is 0.416 e. The Labute approximate surface area is 131 Å². The van der Waals surface area contributed by atoms with Crippen LogP contribution in [0.1, 0.15) is 18.9 Å². The highest BCUT2D eigenvalue weighted by Gasteiger charge is 2.31. The van der Waals surface area contributed by atoms with E-state index in [0.29, 0.717) is 11.6 Å². The summed E-state index contributed by atoms with van der Waals surface area (Å²) in [6, 6.07) is 4.27. The number of halogens is 3. The fourth-order valence-electron chi connectivity index (χ4n) is 2.76. The number of benzene rings is 1. The van der Waals surface area contributed by atoms with Crippen molar-refractivity contribution >= 4 is 26.7 Å². The number of fused-ring (bicyclic) bond motifs is 1. The van der Waals surface area contributed by atoms with Gasteiger partial charge in [0.15, 0.2) is 5.13 Å². The molecule has 0 bridgehead atoms. The smallest absolute Gasteiger partial charge is 0.346 e. The number of rotatable bonds is 3. The van der Waals surface area contributed by atoms with E-state index in [1.165, 1.54) is 17.4 Å². The van der Waals surface area contributed by atoms with Crippen LogP contribution in [0.4, 0.5) is 18.3 Å². The van der Waals surface area contributed by atoms with E-state index in [1.807, 2.05) is 0 Å². The molecule has 0 spiro atoms. The standard InChI is InChI=1S/C15H18F3N3S/c1-3-20(2)11-6-7-21(9-11)14-19-12-8-10(15(16,17)18)4-5-13(12)22-14/h4-5,8,11H,3,6-7,9H2,1-2H3. The van der Waals surface area contributed by atoms with E-state index in [-0.39, 0.29) is 0 Å². The van der Waals surface area contributed by atoms with Crippen molar-refractivity contribution in [2.24, 2.45) is 0 Å². The Morgan fingerprint density at radius 3 is 2.86 bits per heavy atom. The van der Waals surface area contributed by atoms with Crippen molar-refractivity contribution in [3.63, 3.8) is 0 Å². The van der Waals surface area contributed by atoms with Crippen molar-refractivity contribution in [1.82, 2.24) is 9.88 Å². The third kappa shape index (κ3) is 2.92. The lowest BCUT2D eigenvalue weighted by molar-refractivity contribution is -0.137. The first-order valence-corrected chi connectivity index (χ1v) is 8.13. The summed E-state index contributed by atoms with van der Waals surface area (Å²) in [4.78, 5) is 8.89. The van der Waals surface area contributed by atoms with Crippen LogP contribution >= 0.6 is 11.3 Å². The molecule has 0 N–H and O–H groups in total. The third-order valence-electron chi connectivity index (χ3n) is 4.26. The quantitative estimate of drug-likeness (QED) is 0.853. The lowest BCUT2D eigenvalue weighted by Crippen LogP contribution is -2.34. The van der Waals surface area contributed by atoms with Gasteiger partial charge in [0.25, 0.3) is 0 Å². The molecular formula is C15H18F3N3S. The third-order valence-corrected chi connectivity index (χ3v) is 5.36. The van der Waals surface area contributed by atoms with Crippen molar-refractivity contribution in [2.75, 3.05) is 31.6 Å². The van der Waals surface area contributed by atoms with Crippen LogP contribution in [0, 0.1) is 0 Å². The van der Waals surface area contributed by atoms with Crippen LogP contribution in [0.3, 0.4) is 0 Å². The Kier molecular flexibility index (Phi) is 4.03. The molecule has 0 aliphatic carbocycles. The predicted molar refractivity (Wildman–Crippen MR) is 83.5 cm³/mol. The van der Waals surface area contributed by atoms with Crippen LogP contribution in [0.2, 0.25) is 0 Å². The first kappa shape index (κ1) is 15.6. The van der Waals surface area contributed by atoms with Gasteiger partial charge in [-0.25, -0.2) is 4.98 Å². The lowest BCUT2D eigenvalue weighted by atomic mass is 10.2. The largest absolute Gasteiger partial charge is 0.416 e. The van der Waals surface area contributed by atoms with Crippen LogP contribution in [0.5, 0.6) is 0 Å². The lowest BCUT2D eigenvalue weighted by Gasteiger charge is -2.22. The number of nitrogens with zero attached hydrogens (tertiary/aromatic N) is 3. The summed E-state index contributed by atoms with van der Waals surface area (Å²) in [7, 11) is 2.10. The zero-order valence-corrected chi connectivity index (χ0v) is 13.3. The average Bonchev–Trinajstić information content (AvgIpc) is 3.10. The molecule has 120 valence electrons. The SMILES string of the molecule is CCN(C)C1CCN(c2nc3cc(C(F)(F)F)ccc3s2)C1. The summed E-state index contributed by atoms with van der Waals surface area (Å²) in [6.07, 6.45) is -3.26. The fraction of sp³-hybridized carbons (Fsp3) is 0.533. The fourth-order valence-corrected chi connectivity index (χ4v) is 3.74. The van der Waals surface area contributed by atoms with Crippen molar-refractivity contribution in [1.29, 1.82) is 0 Å². The number of hydrogen-bond donors (Lipinski definition) is 0. The molecule has 1 saturated heterocycles. The number of likely N-dealkylation sites (N-methyl/N-ethyl adjacent to an activating group) is 1. The molecule has 7 heteroatoms. The molecule has 3 rings (SSSR count). The van der Waals surface area contributed by atoms with Gasteiger partial charge in [0, 0.05) is 19.1 Å². The van der Waals surface area contributed by atoms with Gasteiger partial charge >= 0.3 is 6.18 Å². The predicted octanol–water partition coefficient (Wildman–Crippen LogP) is 3.85. The Hall–Kier alpha value is -1.34. The summed E-state index contributed by atoms with van der Waals surface area (Å²) >= 11 is 1.46. The van der Waals surface area contributed by atoms with Gasteiger partial charge in [-0.2, -0.15) is 13.2 Å². The van der Waals surface area contributed by atoms with E-state index in [1.54, 1.807) is 0 Å². The van der Waals surface area contributed by atoms with Gasteiger partial charge < -0.3 is 9.80 Å². The molecule has 1 aromatic carbocycles. The molecule has 22 heavy (non-hydrogen) atoms. The van der Waals surface area contributed by atoms with E-state index in [9.17, 15) is 13.2 Å². The number of aromatic nitrogens is 1. The van der Waals surface area contributed by atoms with E-state index in [0.717, 1.165) is 48.0 Å². The Morgan fingerprint density at radius 2 is 2.18 bits per heavy atom. The molecule has 0 radical (unpaired) electrons. The number of alkyl halides is 3. The monoisotopic (exact) mass is 329 g/mol. The van der Waals surface area contributed by atoms with Gasteiger partial charge in [0.2, 0.25) is 0 Å². The van der Waals surface area contributed by atoms with Crippen LogP contribution in [0.25, 0.3) is 10.2 Å². The van der Waals surface area contributed by atoms with Crippen molar-refractivity contribution in [3.05, 3.63) is 23.8 Å². The second-order valence-corrected chi connectivity index (χ2v) is 6.65. The minimum atomic E-state index is -4.32. The Morgan fingerprint density at radius 1 is 1.41 bits per heavy atom. The normalized spacial score (nSPS) is 19.5. The molecule has 1 atom stereocenters. The topological polar surface area (TPSA) is 19.4 Å². The van der Waals surface area contributed by atoms with Crippen LogP contribution in [-0.2, 0) is 6.18 Å². The molecule has 0 amide bonds. The highest BCUT2D eigenvalue weighted by molar-refractivity contribution is 7.22. The Bertz CT molecular complexity index is 668.